The van der Waals surface area contributed by atoms with E-state index in [1.165, 1.54) is 12.8 Å². The van der Waals surface area contributed by atoms with Gasteiger partial charge in [0.15, 0.2) is 0 Å². The molecule has 0 radical (unpaired) electrons. The molecule has 0 amide bonds. The van der Waals surface area contributed by atoms with Crippen LogP contribution < -0.4 is 0 Å². The first-order chi connectivity index (χ1) is 7.62. The van der Waals surface area contributed by atoms with Gasteiger partial charge >= 0.3 is 5.97 Å². The van der Waals surface area contributed by atoms with E-state index in [9.17, 15) is 4.79 Å². The Balaban J connectivity index is 2.04. The molecule has 0 atom stereocenters. The molecule has 92 valence electrons. The molecule has 2 aliphatic rings. The third kappa shape index (κ3) is 2.38. The highest BCUT2D eigenvalue weighted by atomic mass is 16.4. The molecular weight excluding hydrogens is 204 g/mol. The van der Waals surface area contributed by atoms with Gasteiger partial charge in [0.05, 0.1) is 6.42 Å². The number of hydrogen-bond donors (Lipinski definition) is 1. The van der Waals surface area contributed by atoms with Crippen molar-refractivity contribution in [2.24, 2.45) is 0 Å². The van der Waals surface area contributed by atoms with Crippen molar-refractivity contribution in [1.29, 1.82) is 0 Å². The van der Waals surface area contributed by atoms with Crippen molar-refractivity contribution in [2.75, 3.05) is 33.2 Å². The molecule has 1 saturated carbocycles. The standard InChI is InChI=1S/C12H22N2O2/c1-13-6-8-14(9-7-13)12(10-11(15)16)4-2-3-5-12/h2-10H2,1H3,(H,15,16). The summed E-state index contributed by atoms with van der Waals surface area (Å²) in [7, 11) is 2.13. The van der Waals surface area contributed by atoms with Crippen molar-refractivity contribution < 1.29 is 9.90 Å². The van der Waals surface area contributed by atoms with E-state index in [-0.39, 0.29) is 5.54 Å². The van der Waals surface area contributed by atoms with Crippen LogP contribution in [0, 0.1) is 0 Å². The number of rotatable bonds is 3. The van der Waals surface area contributed by atoms with Crippen LogP contribution in [0.5, 0.6) is 0 Å². The van der Waals surface area contributed by atoms with E-state index in [0.29, 0.717) is 6.42 Å². The van der Waals surface area contributed by atoms with E-state index < -0.39 is 5.97 Å². The van der Waals surface area contributed by atoms with Gasteiger partial charge in [-0.15, -0.1) is 0 Å². The lowest BCUT2D eigenvalue weighted by molar-refractivity contribution is -0.140. The SMILES string of the molecule is CN1CCN(C2(CC(=O)O)CCCC2)CC1. The maximum Gasteiger partial charge on any atom is 0.305 e. The van der Waals surface area contributed by atoms with Crippen molar-refractivity contribution in [2.45, 2.75) is 37.6 Å². The van der Waals surface area contributed by atoms with Gasteiger partial charge in [-0.1, -0.05) is 12.8 Å². The molecule has 1 heterocycles. The summed E-state index contributed by atoms with van der Waals surface area (Å²) in [5.74, 6) is -0.638. The number of carbonyl (C=O) groups is 1. The Morgan fingerprint density at radius 3 is 2.25 bits per heavy atom. The lowest BCUT2D eigenvalue weighted by Crippen LogP contribution is -2.56. The molecular formula is C12H22N2O2. The smallest absolute Gasteiger partial charge is 0.305 e. The zero-order valence-electron chi connectivity index (χ0n) is 10.1. The van der Waals surface area contributed by atoms with Crippen molar-refractivity contribution in [3.05, 3.63) is 0 Å². The summed E-state index contributed by atoms with van der Waals surface area (Å²) < 4.78 is 0. The second-order valence-corrected chi connectivity index (χ2v) is 5.29. The van der Waals surface area contributed by atoms with Gasteiger partial charge in [-0.25, -0.2) is 0 Å². The molecule has 16 heavy (non-hydrogen) atoms. The fraction of sp³-hybridized carbons (Fsp3) is 0.917. The second-order valence-electron chi connectivity index (χ2n) is 5.29. The minimum atomic E-state index is -0.638. The van der Waals surface area contributed by atoms with Crippen LogP contribution in [-0.2, 0) is 4.79 Å². The van der Waals surface area contributed by atoms with E-state index in [4.69, 9.17) is 5.11 Å². The average molecular weight is 226 g/mol. The monoisotopic (exact) mass is 226 g/mol. The first-order valence-corrected chi connectivity index (χ1v) is 6.28. The summed E-state index contributed by atoms with van der Waals surface area (Å²) in [6.07, 6.45) is 4.86. The lowest BCUT2D eigenvalue weighted by Gasteiger charge is -2.44. The van der Waals surface area contributed by atoms with Crippen molar-refractivity contribution >= 4 is 5.97 Å². The zero-order chi connectivity index (χ0) is 11.6. The Bertz CT molecular complexity index is 254. The number of hydrogen-bond acceptors (Lipinski definition) is 3. The highest BCUT2D eigenvalue weighted by molar-refractivity contribution is 5.68. The van der Waals surface area contributed by atoms with Crippen LogP contribution in [0.1, 0.15) is 32.1 Å². The summed E-state index contributed by atoms with van der Waals surface area (Å²) in [5, 5.41) is 9.08. The second kappa shape index (κ2) is 4.72. The van der Waals surface area contributed by atoms with Gasteiger partial charge in [0.25, 0.3) is 0 Å². The third-order valence-electron chi connectivity index (χ3n) is 4.19. The molecule has 0 unspecified atom stereocenters. The molecule has 1 saturated heterocycles. The van der Waals surface area contributed by atoms with Gasteiger partial charge in [-0.05, 0) is 19.9 Å². The van der Waals surface area contributed by atoms with E-state index >= 15 is 0 Å². The van der Waals surface area contributed by atoms with E-state index in [0.717, 1.165) is 39.0 Å². The molecule has 0 aromatic heterocycles. The van der Waals surface area contributed by atoms with Crippen LogP contribution in [0.15, 0.2) is 0 Å². The van der Waals surface area contributed by atoms with Crippen molar-refractivity contribution in [1.82, 2.24) is 9.80 Å². The summed E-state index contributed by atoms with van der Waals surface area (Å²) in [6.45, 7) is 4.20. The molecule has 2 rings (SSSR count). The number of aliphatic carboxylic acids is 1. The Hall–Kier alpha value is -0.610. The minimum Gasteiger partial charge on any atom is -0.481 e. The number of nitrogens with zero attached hydrogens (tertiary/aromatic N) is 2. The molecule has 1 aliphatic carbocycles. The number of carboxylic acids is 1. The fourth-order valence-electron chi connectivity index (χ4n) is 3.20. The van der Waals surface area contributed by atoms with Gasteiger partial charge in [0, 0.05) is 31.7 Å². The van der Waals surface area contributed by atoms with Crippen LogP contribution in [0.4, 0.5) is 0 Å². The van der Waals surface area contributed by atoms with Crippen molar-refractivity contribution in [3.8, 4) is 0 Å². The van der Waals surface area contributed by atoms with E-state index in [2.05, 4.69) is 16.8 Å². The first-order valence-electron chi connectivity index (χ1n) is 6.28. The molecule has 2 fully saturated rings. The molecule has 1 N–H and O–H groups in total. The van der Waals surface area contributed by atoms with Gasteiger partial charge < -0.3 is 10.0 Å². The van der Waals surface area contributed by atoms with Crippen LogP contribution in [-0.4, -0.2) is 59.6 Å². The summed E-state index contributed by atoms with van der Waals surface area (Å²) in [5.41, 5.74) is -0.0207. The van der Waals surface area contributed by atoms with Crippen LogP contribution in [0.25, 0.3) is 0 Å². The topological polar surface area (TPSA) is 43.8 Å². The minimum absolute atomic E-state index is 0.0207. The molecule has 0 aromatic carbocycles. The quantitative estimate of drug-likeness (QED) is 0.780. The van der Waals surface area contributed by atoms with Gasteiger partial charge in [-0.3, -0.25) is 9.69 Å². The van der Waals surface area contributed by atoms with Gasteiger partial charge in [-0.2, -0.15) is 0 Å². The Morgan fingerprint density at radius 2 is 1.75 bits per heavy atom. The van der Waals surface area contributed by atoms with Crippen molar-refractivity contribution in [3.63, 3.8) is 0 Å². The molecule has 0 bridgehead atoms. The maximum atomic E-state index is 11.0. The highest BCUT2D eigenvalue weighted by Gasteiger charge is 2.41. The average Bonchev–Trinajstić information content (AvgIpc) is 2.67. The number of likely N-dealkylation sites (N-methyl/N-ethyl adjacent to an activating group) is 1. The highest BCUT2D eigenvalue weighted by Crippen LogP contribution is 2.38. The Labute approximate surface area is 97.2 Å². The summed E-state index contributed by atoms with van der Waals surface area (Å²) >= 11 is 0. The van der Waals surface area contributed by atoms with Crippen LogP contribution in [0.2, 0.25) is 0 Å². The van der Waals surface area contributed by atoms with Gasteiger partial charge in [0.2, 0.25) is 0 Å². The van der Waals surface area contributed by atoms with Crippen LogP contribution in [0.3, 0.4) is 0 Å². The third-order valence-corrected chi connectivity index (χ3v) is 4.19. The largest absolute Gasteiger partial charge is 0.481 e. The predicted octanol–water partition coefficient (Wildman–Crippen LogP) is 1.02. The van der Waals surface area contributed by atoms with E-state index in [1.54, 1.807) is 0 Å². The van der Waals surface area contributed by atoms with Crippen LogP contribution >= 0.6 is 0 Å². The predicted molar refractivity (Wildman–Crippen MR) is 62.5 cm³/mol. The zero-order valence-corrected chi connectivity index (χ0v) is 10.1. The normalized spacial score (nSPS) is 27.1. The number of piperazine rings is 1. The van der Waals surface area contributed by atoms with Gasteiger partial charge in [0.1, 0.15) is 0 Å². The molecule has 4 nitrogen and oxygen atoms in total. The maximum absolute atomic E-state index is 11.0. The number of carboxylic acid groups (broad SMARTS) is 1. The first kappa shape index (κ1) is 11.9. The van der Waals surface area contributed by atoms with E-state index in [1.807, 2.05) is 0 Å². The Morgan fingerprint density at radius 1 is 1.19 bits per heavy atom. The summed E-state index contributed by atoms with van der Waals surface area (Å²) in [4.78, 5) is 15.8. The molecule has 0 aromatic rings. The Kier molecular flexibility index (Phi) is 3.50. The molecule has 0 spiro atoms. The molecule has 1 aliphatic heterocycles. The summed E-state index contributed by atoms with van der Waals surface area (Å²) in [6, 6.07) is 0. The lowest BCUT2D eigenvalue weighted by atomic mass is 9.90. The molecule has 4 heteroatoms. The fourth-order valence-corrected chi connectivity index (χ4v) is 3.20.